The summed E-state index contributed by atoms with van der Waals surface area (Å²) in [4.78, 5) is 9.70. The van der Waals surface area contributed by atoms with Gasteiger partial charge in [-0.05, 0) is 57.7 Å². The number of nitrogens with one attached hydrogen (secondary N) is 2. The standard InChI is InChI=1S/C24H38FN5/c1-3-13-29-16-11-22(12-17-29)28-24(26-4-2)27-18-20-9-14-30(15-10-20)19-21-7-5-6-8-23(21)25/h3,5-8,20,22H,1,4,9-19H2,2H3,(H2,26,27,28). The van der Waals surface area contributed by atoms with Gasteiger partial charge in [0.2, 0.25) is 0 Å². The molecule has 0 radical (unpaired) electrons. The number of hydrogen-bond acceptors (Lipinski definition) is 3. The minimum absolute atomic E-state index is 0.0964. The second-order valence-corrected chi connectivity index (χ2v) is 8.54. The lowest BCUT2D eigenvalue weighted by Crippen LogP contribution is -2.48. The summed E-state index contributed by atoms with van der Waals surface area (Å²) in [5.74, 6) is 1.46. The summed E-state index contributed by atoms with van der Waals surface area (Å²) in [6.07, 6.45) is 6.52. The maximum Gasteiger partial charge on any atom is 0.191 e. The van der Waals surface area contributed by atoms with Gasteiger partial charge >= 0.3 is 0 Å². The molecule has 2 heterocycles. The Kier molecular flexibility index (Phi) is 9.15. The van der Waals surface area contributed by atoms with Crippen molar-refractivity contribution in [1.82, 2.24) is 20.4 Å². The van der Waals surface area contributed by atoms with Gasteiger partial charge in [-0.15, -0.1) is 6.58 Å². The number of piperidine rings is 2. The van der Waals surface area contributed by atoms with Crippen LogP contribution in [0.3, 0.4) is 0 Å². The van der Waals surface area contributed by atoms with E-state index in [0.29, 0.717) is 18.5 Å². The molecule has 0 amide bonds. The van der Waals surface area contributed by atoms with Crippen molar-refractivity contribution in [3.8, 4) is 0 Å². The second kappa shape index (κ2) is 12.1. The van der Waals surface area contributed by atoms with Gasteiger partial charge in [-0.3, -0.25) is 14.8 Å². The highest BCUT2D eigenvalue weighted by Crippen LogP contribution is 2.20. The van der Waals surface area contributed by atoms with Crippen LogP contribution in [0, 0.1) is 11.7 Å². The van der Waals surface area contributed by atoms with Crippen molar-refractivity contribution in [3.05, 3.63) is 48.3 Å². The van der Waals surface area contributed by atoms with E-state index in [1.807, 2.05) is 18.2 Å². The Morgan fingerprint density at radius 3 is 2.50 bits per heavy atom. The van der Waals surface area contributed by atoms with Crippen molar-refractivity contribution in [1.29, 1.82) is 0 Å². The van der Waals surface area contributed by atoms with E-state index in [1.54, 1.807) is 12.1 Å². The molecule has 0 saturated carbocycles. The van der Waals surface area contributed by atoms with E-state index in [0.717, 1.165) is 83.0 Å². The van der Waals surface area contributed by atoms with Gasteiger partial charge in [-0.25, -0.2) is 4.39 Å². The van der Waals surface area contributed by atoms with Crippen molar-refractivity contribution in [2.24, 2.45) is 10.9 Å². The highest BCUT2D eigenvalue weighted by Gasteiger charge is 2.21. The number of likely N-dealkylation sites (tertiary alicyclic amines) is 2. The molecule has 1 aromatic carbocycles. The first kappa shape index (κ1) is 22.8. The maximum absolute atomic E-state index is 13.9. The molecule has 0 aliphatic carbocycles. The molecular weight excluding hydrogens is 377 g/mol. The van der Waals surface area contributed by atoms with Gasteiger partial charge in [0.15, 0.2) is 5.96 Å². The SMILES string of the molecule is C=CCN1CCC(NC(=NCC2CCN(Cc3ccccc3F)CC2)NCC)CC1. The normalized spacial score (nSPS) is 20.3. The molecule has 0 atom stereocenters. The van der Waals surface area contributed by atoms with E-state index in [2.05, 4.69) is 33.9 Å². The molecule has 5 nitrogen and oxygen atoms in total. The third kappa shape index (κ3) is 7.10. The topological polar surface area (TPSA) is 42.9 Å². The number of rotatable bonds is 8. The van der Waals surface area contributed by atoms with Gasteiger partial charge in [0, 0.05) is 50.9 Å². The lowest BCUT2D eigenvalue weighted by atomic mass is 9.96. The van der Waals surface area contributed by atoms with Gasteiger partial charge in [0.1, 0.15) is 5.82 Å². The highest BCUT2D eigenvalue weighted by atomic mass is 19.1. The summed E-state index contributed by atoms with van der Waals surface area (Å²) in [5.41, 5.74) is 0.798. The Labute approximate surface area is 181 Å². The molecule has 2 saturated heterocycles. The summed E-state index contributed by atoms with van der Waals surface area (Å²) in [5, 5.41) is 7.05. The van der Waals surface area contributed by atoms with Crippen LogP contribution in [0.25, 0.3) is 0 Å². The quantitative estimate of drug-likeness (QED) is 0.389. The van der Waals surface area contributed by atoms with Crippen LogP contribution in [0.2, 0.25) is 0 Å². The third-order valence-electron chi connectivity index (χ3n) is 6.23. The van der Waals surface area contributed by atoms with Crippen LogP contribution < -0.4 is 10.6 Å². The highest BCUT2D eigenvalue weighted by molar-refractivity contribution is 5.80. The molecule has 0 unspecified atom stereocenters. The van der Waals surface area contributed by atoms with Crippen LogP contribution in [-0.4, -0.2) is 67.6 Å². The molecule has 3 rings (SSSR count). The fourth-order valence-corrected chi connectivity index (χ4v) is 4.37. The zero-order valence-electron chi connectivity index (χ0n) is 18.5. The lowest BCUT2D eigenvalue weighted by Gasteiger charge is -2.33. The van der Waals surface area contributed by atoms with E-state index in [4.69, 9.17) is 4.99 Å². The molecule has 2 fully saturated rings. The summed E-state index contributed by atoms with van der Waals surface area (Å²) in [7, 11) is 0. The van der Waals surface area contributed by atoms with Crippen LogP contribution >= 0.6 is 0 Å². The van der Waals surface area contributed by atoms with E-state index < -0.39 is 0 Å². The number of guanidine groups is 1. The van der Waals surface area contributed by atoms with E-state index in [9.17, 15) is 4.39 Å². The second-order valence-electron chi connectivity index (χ2n) is 8.54. The van der Waals surface area contributed by atoms with Gasteiger partial charge in [0.05, 0.1) is 0 Å². The smallest absolute Gasteiger partial charge is 0.191 e. The molecule has 2 aliphatic rings. The Morgan fingerprint density at radius 1 is 1.13 bits per heavy atom. The fourth-order valence-electron chi connectivity index (χ4n) is 4.37. The van der Waals surface area contributed by atoms with Crippen molar-refractivity contribution >= 4 is 5.96 Å². The Morgan fingerprint density at radius 2 is 1.83 bits per heavy atom. The van der Waals surface area contributed by atoms with Crippen LogP contribution in [-0.2, 0) is 6.54 Å². The third-order valence-corrected chi connectivity index (χ3v) is 6.23. The Bertz CT molecular complexity index is 676. The summed E-state index contributed by atoms with van der Waals surface area (Å²) in [6.45, 7) is 13.6. The van der Waals surface area contributed by atoms with Crippen molar-refractivity contribution in [2.75, 3.05) is 45.8 Å². The van der Waals surface area contributed by atoms with Crippen molar-refractivity contribution in [3.63, 3.8) is 0 Å². The fraction of sp³-hybridized carbons (Fsp3) is 0.625. The molecule has 166 valence electrons. The molecule has 0 bridgehead atoms. The monoisotopic (exact) mass is 415 g/mol. The number of halogens is 1. The predicted octanol–water partition coefficient (Wildman–Crippen LogP) is 3.24. The van der Waals surface area contributed by atoms with Gasteiger partial charge in [-0.2, -0.15) is 0 Å². The van der Waals surface area contributed by atoms with Gasteiger partial charge < -0.3 is 10.6 Å². The molecule has 6 heteroatoms. The molecule has 2 N–H and O–H groups in total. The average Bonchev–Trinajstić information content (AvgIpc) is 2.76. The van der Waals surface area contributed by atoms with Crippen LogP contribution in [0.15, 0.2) is 41.9 Å². The molecule has 30 heavy (non-hydrogen) atoms. The summed E-state index contributed by atoms with van der Waals surface area (Å²) >= 11 is 0. The van der Waals surface area contributed by atoms with Crippen LogP contribution in [0.4, 0.5) is 4.39 Å². The minimum Gasteiger partial charge on any atom is -0.357 e. The Balaban J connectivity index is 1.42. The van der Waals surface area contributed by atoms with Crippen molar-refractivity contribution in [2.45, 2.75) is 45.2 Å². The predicted molar refractivity (Wildman–Crippen MR) is 123 cm³/mol. The largest absolute Gasteiger partial charge is 0.357 e. The zero-order chi connectivity index (χ0) is 21.2. The van der Waals surface area contributed by atoms with E-state index in [1.165, 1.54) is 0 Å². The molecular formula is C24H38FN5. The van der Waals surface area contributed by atoms with Crippen molar-refractivity contribution < 1.29 is 4.39 Å². The summed E-state index contributed by atoms with van der Waals surface area (Å²) in [6, 6.07) is 7.60. The first-order valence-corrected chi connectivity index (χ1v) is 11.5. The van der Waals surface area contributed by atoms with Gasteiger partial charge in [0.25, 0.3) is 0 Å². The average molecular weight is 416 g/mol. The zero-order valence-corrected chi connectivity index (χ0v) is 18.5. The number of hydrogen-bond donors (Lipinski definition) is 2. The molecule has 0 spiro atoms. The minimum atomic E-state index is -0.0964. The van der Waals surface area contributed by atoms with Crippen LogP contribution in [0.5, 0.6) is 0 Å². The number of benzene rings is 1. The summed E-state index contributed by atoms with van der Waals surface area (Å²) < 4.78 is 13.9. The lowest BCUT2D eigenvalue weighted by molar-refractivity contribution is 0.178. The number of aliphatic imine (C=N–C) groups is 1. The van der Waals surface area contributed by atoms with Crippen LogP contribution in [0.1, 0.15) is 38.2 Å². The molecule has 2 aliphatic heterocycles. The molecule has 1 aromatic rings. The van der Waals surface area contributed by atoms with E-state index in [-0.39, 0.29) is 5.82 Å². The van der Waals surface area contributed by atoms with Gasteiger partial charge in [-0.1, -0.05) is 24.3 Å². The first-order valence-electron chi connectivity index (χ1n) is 11.5. The molecule has 0 aromatic heterocycles. The van der Waals surface area contributed by atoms with E-state index >= 15 is 0 Å². The number of nitrogens with zero attached hydrogens (tertiary/aromatic N) is 3. The first-order chi connectivity index (χ1) is 14.7. The maximum atomic E-state index is 13.9. The Hall–Kier alpha value is -1.92.